The lowest BCUT2D eigenvalue weighted by Gasteiger charge is -2.07. The Labute approximate surface area is 199 Å². The third-order valence-electron chi connectivity index (χ3n) is 4.87. The predicted molar refractivity (Wildman–Crippen MR) is 126 cm³/mol. The van der Waals surface area contributed by atoms with E-state index in [9.17, 15) is 19.7 Å². The van der Waals surface area contributed by atoms with E-state index in [4.69, 9.17) is 4.74 Å². The fourth-order valence-corrected chi connectivity index (χ4v) is 3.16. The van der Waals surface area contributed by atoms with Crippen molar-refractivity contribution in [2.24, 2.45) is 0 Å². The molecule has 0 aliphatic carbocycles. The highest BCUT2D eigenvalue weighted by Gasteiger charge is 2.21. The highest BCUT2D eigenvalue weighted by Crippen LogP contribution is 2.26. The summed E-state index contributed by atoms with van der Waals surface area (Å²) in [6, 6.07) is 16.3. The Morgan fingerprint density at radius 3 is 2.46 bits per heavy atom. The predicted octanol–water partition coefficient (Wildman–Crippen LogP) is 3.55. The minimum atomic E-state index is -0.557. The fraction of sp³-hybridized carbons (Fsp3) is 0.130. The number of hydrogen-bond acceptors (Lipinski definition) is 7. The van der Waals surface area contributed by atoms with Gasteiger partial charge < -0.3 is 15.4 Å². The van der Waals surface area contributed by atoms with Gasteiger partial charge in [-0.3, -0.25) is 24.4 Å². The first-order valence-electron chi connectivity index (χ1n) is 10.6. The lowest BCUT2D eigenvalue weighted by Crippen LogP contribution is -2.18. The van der Waals surface area contributed by atoms with Crippen LogP contribution in [0.15, 0.2) is 73.1 Å². The summed E-state index contributed by atoms with van der Waals surface area (Å²) in [7, 11) is 0. The largest absolute Gasteiger partial charge is 0.464 e. The molecular formula is C23H21N7O5. The smallest absolute Gasteiger partial charge is 0.311 e. The minimum Gasteiger partial charge on any atom is -0.464 e. The molecule has 0 fully saturated rings. The first-order chi connectivity index (χ1) is 16.9. The van der Waals surface area contributed by atoms with E-state index in [1.54, 1.807) is 36.5 Å². The van der Waals surface area contributed by atoms with Crippen molar-refractivity contribution in [3.8, 4) is 5.75 Å². The number of nitrogens with zero attached hydrogens (tertiary/aromatic N) is 5. The molecule has 12 heteroatoms. The standard InChI is InChI=1S/C23H21N7O5/c1-2-28-14-18(21(27-28)23(32)24-16-8-4-3-5-9-16)25-22(31)17-12-13-29(26-17)15-35-20-11-7-6-10-19(20)30(33)34/h3-14H,2,15H2,1H3,(H,24,32)(H,25,31). The number of carbonyl (C=O) groups is 2. The van der Waals surface area contributed by atoms with Gasteiger partial charge in [0.25, 0.3) is 11.8 Å². The van der Waals surface area contributed by atoms with Crippen molar-refractivity contribution in [2.45, 2.75) is 20.2 Å². The van der Waals surface area contributed by atoms with Crippen LogP contribution in [0.4, 0.5) is 17.1 Å². The van der Waals surface area contributed by atoms with E-state index in [-0.39, 0.29) is 35.2 Å². The maximum Gasteiger partial charge on any atom is 0.311 e. The van der Waals surface area contributed by atoms with E-state index in [1.807, 2.05) is 13.0 Å². The number of hydrogen-bond donors (Lipinski definition) is 2. The van der Waals surface area contributed by atoms with Gasteiger partial charge in [0.15, 0.2) is 23.9 Å². The van der Waals surface area contributed by atoms with E-state index < -0.39 is 16.7 Å². The molecule has 12 nitrogen and oxygen atoms in total. The molecule has 178 valence electrons. The van der Waals surface area contributed by atoms with Gasteiger partial charge in [-0.2, -0.15) is 10.2 Å². The van der Waals surface area contributed by atoms with Gasteiger partial charge in [0.1, 0.15) is 0 Å². The third kappa shape index (κ3) is 5.50. The van der Waals surface area contributed by atoms with Gasteiger partial charge in [0.05, 0.1) is 10.6 Å². The molecular weight excluding hydrogens is 454 g/mol. The molecule has 0 bridgehead atoms. The van der Waals surface area contributed by atoms with Crippen LogP contribution in [0, 0.1) is 10.1 Å². The molecule has 4 aromatic rings. The molecule has 0 aliphatic rings. The maximum absolute atomic E-state index is 12.8. The highest BCUT2D eigenvalue weighted by molar-refractivity contribution is 6.10. The van der Waals surface area contributed by atoms with E-state index in [1.165, 1.54) is 39.8 Å². The number of rotatable bonds is 9. The van der Waals surface area contributed by atoms with Gasteiger partial charge in [0, 0.05) is 30.7 Å². The van der Waals surface area contributed by atoms with Crippen LogP contribution in [0.1, 0.15) is 27.9 Å². The molecule has 0 radical (unpaired) electrons. The van der Waals surface area contributed by atoms with Gasteiger partial charge in [-0.05, 0) is 31.2 Å². The van der Waals surface area contributed by atoms with Crippen molar-refractivity contribution in [2.75, 3.05) is 10.6 Å². The zero-order valence-corrected chi connectivity index (χ0v) is 18.6. The molecule has 0 saturated carbocycles. The van der Waals surface area contributed by atoms with Crippen molar-refractivity contribution in [1.29, 1.82) is 0 Å². The van der Waals surface area contributed by atoms with Crippen LogP contribution in [-0.2, 0) is 13.3 Å². The number of nitrogens with one attached hydrogen (secondary N) is 2. The summed E-state index contributed by atoms with van der Waals surface area (Å²) in [6.07, 6.45) is 3.06. The maximum atomic E-state index is 12.8. The van der Waals surface area contributed by atoms with Crippen LogP contribution in [-0.4, -0.2) is 36.3 Å². The summed E-state index contributed by atoms with van der Waals surface area (Å²) >= 11 is 0. The third-order valence-corrected chi connectivity index (χ3v) is 4.87. The van der Waals surface area contributed by atoms with Gasteiger partial charge in [0.2, 0.25) is 0 Å². The number of amides is 2. The van der Waals surface area contributed by atoms with Crippen LogP contribution in [0.5, 0.6) is 5.75 Å². The van der Waals surface area contributed by atoms with Crippen LogP contribution in [0.2, 0.25) is 0 Å². The van der Waals surface area contributed by atoms with Gasteiger partial charge >= 0.3 is 5.69 Å². The molecule has 0 saturated heterocycles. The van der Waals surface area contributed by atoms with E-state index >= 15 is 0 Å². The van der Waals surface area contributed by atoms with Crippen LogP contribution < -0.4 is 15.4 Å². The first-order valence-corrected chi connectivity index (χ1v) is 10.6. The molecule has 0 unspecified atom stereocenters. The number of nitro groups is 1. The molecule has 35 heavy (non-hydrogen) atoms. The highest BCUT2D eigenvalue weighted by atomic mass is 16.6. The van der Waals surface area contributed by atoms with E-state index in [2.05, 4.69) is 20.8 Å². The number of nitro benzene ring substituents is 1. The molecule has 2 aromatic carbocycles. The summed E-state index contributed by atoms with van der Waals surface area (Å²) < 4.78 is 8.34. The molecule has 2 N–H and O–H groups in total. The van der Waals surface area contributed by atoms with Crippen molar-refractivity contribution in [3.63, 3.8) is 0 Å². The summed E-state index contributed by atoms with van der Waals surface area (Å²) in [5, 5.41) is 24.9. The number of aryl methyl sites for hydroxylation is 1. The lowest BCUT2D eigenvalue weighted by molar-refractivity contribution is -0.386. The Kier molecular flexibility index (Phi) is 6.81. The van der Waals surface area contributed by atoms with Crippen molar-refractivity contribution < 1.29 is 19.2 Å². The number of para-hydroxylation sites is 3. The zero-order valence-electron chi connectivity index (χ0n) is 18.6. The molecule has 4 rings (SSSR count). The minimum absolute atomic E-state index is 0.0585. The van der Waals surface area contributed by atoms with E-state index in [0.717, 1.165) is 0 Å². The average molecular weight is 475 g/mol. The summed E-state index contributed by atoms with van der Waals surface area (Å²) in [5.74, 6) is -0.944. The van der Waals surface area contributed by atoms with Gasteiger partial charge in [-0.15, -0.1) is 0 Å². The Morgan fingerprint density at radius 2 is 1.71 bits per heavy atom. The Bertz CT molecular complexity index is 1360. The Hall–Kier alpha value is -5.00. The van der Waals surface area contributed by atoms with Crippen molar-refractivity contribution in [1.82, 2.24) is 19.6 Å². The van der Waals surface area contributed by atoms with E-state index in [0.29, 0.717) is 12.2 Å². The topological polar surface area (TPSA) is 146 Å². The molecule has 2 amide bonds. The lowest BCUT2D eigenvalue weighted by atomic mass is 10.3. The Balaban J connectivity index is 1.45. The molecule has 0 atom stereocenters. The number of aromatic nitrogens is 4. The molecule has 0 spiro atoms. The summed E-state index contributed by atoms with van der Waals surface area (Å²) in [4.78, 5) is 36.1. The monoisotopic (exact) mass is 475 g/mol. The number of ether oxygens (including phenoxy) is 1. The zero-order chi connectivity index (χ0) is 24.8. The second-order valence-electron chi connectivity index (χ2n) is 7.26. The van der Waals surface area contributed by atoms with Crippen molar-refractivity contribution in [3.05, 3.63) is 94.6 Å². The normalized spacial score (nSPS) is 10.5. The quantitative estimate of drug-likeness (QED) is 0.278. The fourth-order valence-electron chi connectivity index (χ4n) is 3.16. The van der Waals surface area contributed by atoms with Crippen LogP contribution in [0.3, 0.4) is 0 Å². The molecule has 2 heterocycles. The summed E-state index contributed by atoms with van der Waals surface area (Å²) in [6.45, 7) is 2.21. The van der Waals surface area contributed by atoms with Crippen LogP contribution in [0.25, 0.3) is 0 Å². The first kappa shape index (κ1) is 23.2. The summed E-state index contributed by atoms with van der Waals surface area (Å²) in [5.41, 5.74) is 0.777. The second kappa shape index (κ2) is 10.3. The molecule has 0 aliphatic heterocycles. The van der Waals surface area contributed by atoms with Crippen molar-refractivity contribution >= 4 is 28.9 Å². The van der Waals surface area contributed by atoms with Gasteiger partial charge in [-0.25, -0.2) is 4.68 Å². The Morgan fingerprint density at radius 1 is 0.971 bits per heavy atom. The number of carbonyl (C=O) groups excluding carboxylic acids is 2. The number of anilines is 2. The van der Waals surface area contributed by atoms with Gasteiger partial charge in [-0.1, -0.05) is 30.3 Å². The SMILES string of the molecule is CCn1cc(NC(=O)c2ccn(COc3ccccc3[N+](=O)[O-])n2)c(C(=O)Nc2ccccc2)n1. The molecule has 2 aromatic heterocycles. The van der Waals surface area contributed by atoms with Crippen LogP contribution >= 0.6 is 0 Å². The second-order valence-corrected chi connectivity index (χ2v) is 7.26. The number of benzene rings is 2. The average Bonchev–Trinajstić information content (AvgIpc) is 3.51.